The zero-order valence-corrected chi connectivity index (χ0v) is 9.33. The summed E-state index contributed by atoms with van der Waals surface area (Å²) in [7, 11) is 0. The Morgan fingerprint density at radius 1 is 1.12 bits per heavy atom. The SMILES string of the molecule is Nc1nc(Cl)c2c(n1)-c1ccccc1CC2. The maximum Gasteiger partial charge on any atom is 0.222 e. The maximum atomic E-state index is 6.08. The molecule has 1 aliphatic rings. The Hall–Kier alpha value is -1.61. The summed E-state index contributed by atoms with van der Waals surface area (Å²) in [5, 5.41) is 0.483. The predicted molar refractivity (Wildman–Crippen MR) is 64.3 cm³/mol. The summed E-state index contributed by atoms with van der Waals surface area (Å²) in [4.78, 5) is 8.29. The van der Waals surface area contributed by atoms with Gasteiger partial charge >= 0.3 is 0 Å². The molecule has 0 atom stereocenters. The highest BCUT2D eigenvalue weighted by Crippen LogP contribution is 2.34. The fraction of sp³-hybridized carbons (Fsp3) is 0.167. The van der Waals surface area contributed by atoms with E-state index in [9.17, 15) is 0 Å². The van der Waals surface area contributed by atoms with Crippen LogP contribution >= 0.6 is 11.6 Å². The molecule has 1 heterocycles. The van der Waals surface area contributed by atoms with Crippen LogP contribution in [0, 0.1) is 0 Å². The van der Waals surface area contributed by atoms with Crippen molar-refractivity contribution >= 4 is 17.5 Å². The molecular weight excluding hydrogens is 222 g/mol. The molecule has 0 amide bonds. The van der Waals surface area contributed by atoms with Gasteiger partial charge < -0.3 is 5.73 Å². The van der Waals surface area contributed by atoms with Crippen LogP contribution in [-0.4, -0.2) is 9.97 Å². The summed E-state index contributed by atoms with van der Waals surface area (Å²) in [5.74, 6) is 0.237. The topological polar surface area (TPSA) is 51.8 Å². The Labute approximate surface area is 98.3 Å². The fourth-order valence-corrected chi connectivity index (χ4v) is 2.42. The lowest BCUT2D eigenvalue weighted by molar-refractivity contribution is 0.914. The number of aromatic nitrogens is 2. The third kappa shape index (κ3) is 1.36. The lowest BCUT2D eigenvalue weighted by atomic mass is 9.90. The number of nitrogens with two attached hydrogens (primary N) is 1. The molecular formula is C12H10ClN3. The largest absolute Gasteiger partial charge is 0.368 e. The number of hydrogen-bond donors (Lipinski definition) is 1. The Bertz CT molecular complexity index is 566. The molecule has 4 heteroatoms. The van der Waals surface area contributed by atoms with Gasteiger partial charge in [-0.1, -0.05) is 35.9 Å². The second-order valence-corrected chi connectivity index (χ2v) is 4.21. The average Bonchev–Trinajstić information content (AvgIpc) is 2.28. The van der Waals surface area contributed by atoms with Crippen molar-refractivity contribution in [3.63, 3.8) is 0 Å². The van der Waals surface area contributed by atoms with E-state index in [4.69, 9.17) is 17.3 Å². The Morgan fingerprint density at radius 3 is 2.81 bits per heavy atom. The van der Waals surface area contributed by atoms with Crippen LogP contribution in [0.15, 0.2) is 24.3 Å². The predicted octanol–water partition coefficient (Wildman–Crippen LogP) is 2.48. The molecule has 1 aliphatic carbocycles. The first-order chi connectivity index (χ1) is 7.75. The third-order valence-electron chi connectivity index (χ3n) is 2.89. The average molecular weight is 232 g/mol. The van der Waals surface area contributed by atoms with Gasteiger partial charge in [-0.15, -0.1) is 0 Å². The monoisotopic (exact) mass is 231 g/mol. The van der Waals surface area contributed by atoms with Crippen molar-refractivity contribution in [3.8, 4) is 11.3 Å². The quantitative estimate of drug-likeness (QED) is 0.709. The smallest absolute Gasteiger partial charge is 0.222 e. The number of hydrogen-bond acceptors (Lipinski definition) is 3. The summed E-state index contributed by atoms with van der Waals surface area (Å²) in [6.45, 7) is 0. The van der Waals surface area contributed by atoms with Crippen molar-refractivity contribution in [2.24, 2.45) is 0 Å². The maximum absolute atomic E-state index is 6.08. The molecule has 0 unspecified atom stereocenters. The van der Waals surface area contributed by atoms with E-state index in [0.29, 0.717) is 5.15 Å². The van der Waals surface area contributed by atoms with Crippen molar-refractivity contribution in [2.75, 3.05) is 5.73 Å². The fourth-order valence-electron chi connectivity index (χ4n) is 2.15. The molecule has 2 N–H and O–H groups in total. The minimum Gasteiger partial charge on any atom is -0.368 e. The molecule has 3 nitrogen and oxygen atoms in total. The molecule has 1 aromatic carbocycles. The summed E-state index contributed by atoms with van der Waals surface area (Å²) in [6.07, 6.45) is 1.86. The first kappa shape index (κ1) is 9.60. The van der Waals surface area contributed by atoms with Crippen LogP contribution in [0.3, 0.4) is 0 Å². The van der Waals surface area contributed by atoms with Crippen molar-refractivity contribution in [2.45, 2.75) is 12.8 Å². The lowest BCUT2D eigenvalue weighted by Crippen LogP contribution is -2.09. The van der Waals surface area contributed by atoms with Crippen LogP contribution in [0.5, 0.6) is 0 Å². The number of nitrogen functional groups attached to an aromatic ring is 1. The number of halogens is 1. The van der Waals surface area contributed by atoms with Crippen LogP contribution in [-0.2, 0) is 12.8 Å². The highest BCUT2D eigenvalue weighted by atomic mass is 35.5. The van der Waals surface area contributed by atoms with Gasteiger partial charge in [0.2, 0.25) is 5.95 Å². The highest BCUT2D eigenvalue weighted by molar-refractivity contribution is 6.30. The normalized spacial score (nSPS) is 13.1. The molecule has 0 radical (unpaired) electrons. The van der Waals surface area contributed by atoms with Crippen molar-refractivity contribution in [1.29, 1.82) is 0 Å². The van der Waals surface area contributed by atoms with E-state index in [1.165, 1.54) is 5.56 Å². The van der Waals surface area contributed by atoms with E-state index in [0.717, 1.165) is 29.7 Å². The third-order valence-corrected chi connectivity index (χ3v) is 3.20. The highest BCUT2D eigenvalue weighted by Gasteiger charge is 2.20. The molecule has 0 spiro atoms. The number of aryl methyl sites for hydroxylation is 1. The van der Waals surface area contributed by atoms with Gasteiger partial charge in [-0.25, -0.2) is 9.97 Å². The van der Waals surface area contributed by atoms with Gasteiger partial charge in [-0.2, -0.15) is 0 Å². The Balaban J connectivity index is 2.31. The number of fused-ring (bicyclic) bond motifs is 3. The minimum atomic E-state index is 0.237. The van der Waals surface area contributed by atoms with E-state index < -0.39 is 0 Å². The minimum absolute atomic E-state index is 0.237. The standard InChI is InChI=1S/C12H10ClN3/c13-11-9-6-5-7-3-1-2-4-8(7)10(9)15-12(14)16-11/h1-4H,5-6H2,(H2,14,15,16). The van der Waals surface area contributed by atoms with Gasteiger partial charge in [0.05, 0.1) is 5.69 Å². The second-order valence-electron chi connectivity index (χ2n) is 3.86. The van der Waals surface area contributed by atoms with Gasteiger partial charge in [-0.3, -0.25) is 0 Å². The van der Waals surface area contributed by atoms with E-state index >= 15 is 0 Å². The molecule has 16 heavy (non-hydrogen) atoms. The molecule has 0 saturated carbocycles. The van der Waals surface area contributed by atoms with Crippen LogP contribution < -0.4 is 5.73 Å². The van der Waals surface area contributed by atoms with E-state index in [1.807, 2.05) is 12.1 Å². The van der Waals surface area contributed by atoms with E-state index in [2.05, 4.69) is 22.1 Å². The zero-order valence-electron chi connectivity index (χ0n) is 8.57. The molecule has 0 bridgehead atoms. The van der Waals surface area contributed by atoms with Crippen LogP contribution in [0.1, 0.15) is 11.1 Å². The summed E-state index contributed by atoms with van der Waals surface area (Å²) < 4.78 is 0. The van der Waals surface area contributed by atoms with Gasteiger partial charge in [-0.05, 0) is 18.4 Å². The first-order valence-electron chi connectivity index (χ1n) is 5.16. The summed E-state index contributed by atoms with van der Waals surface area (Å²) >= 11 is 6.08. The molecule has 1 aromatic heterocycles. The lowest BCUT2D eigenvalue weighted by Gasteiger charge is -2.19. The number of benzene rings is 1. The zero-order chi connectivity index (χ0) is 11.1. The van der Waals surface area contributed by atoms with Crippen LogP contribution in [0.4, 0.5) is 5.95 Å². The summed E-state index contributed by atoms with van der Waals surface area (Å²) in [6, 6.07) is 8.21. The second kappa shape index (κ2) is 3.46. The van der Waals surface area contributed by atoms with E-state index in [-0.39, 0.29) is 5.95 Å². The molecule has 0 saturated heterocycles. The van der Waals surface area contributed by atoms with Crippen molar-refractivity contribution < 1.29 is 0 Å². The van der Waals surface area contributed by atoms with Crippen LogP contribution in [0.2, 0.25) is 5.15 Å². The number of rotatable bonds is 0. The van der Waals surface area contributed by atoms with Gasteiger partial charge in [0.25, 0.3) is 0 Å². The molecule has 0 fully saturated rings. The molecule has 2 aromatic rings. The summed E-state index contributed by atoms with van der Waals surface area (Å²) in [5.41, 5.74) is 9.95. The van der Waals surface area contributed by atoms with Gasteiger partial charge in [0.15, 0.2) is 0 Å². The molecule has 80 valence electrons. The Kier molecular flexibility index (Phi) is 2.07. The van der Waals surface area contributed by atoms with Gasteiger partial charge in [0, 0.05) is 11.1 Å². The first-order valence-corrected chi connectivity index (χ1v) is 5.53. The van der Waals surface area contributed by atoms with Crippen LogP contribution in [0.25, 0.3) is 11.3 Å². The molecule has 3 rings (SSSR count). The van der Waals surface area contributed by atoms with Crippen molar-refractivity contribution in [1.82, 2.24) is 9.97 Å². The van der Waals surface area contributed by atoms with Crippen molar-refractivity contribution in [3.05, 3.63) is 40.5 Å². The number of anilines is 1. The number of nitrogens with zero attached hydrogens (tertiary/aromatic N) is 2. The molecule has 0 aliphatic heterocycles. The Morgan fingerprint density at radius 2 is 1.94 bits per heavy atom. The van der Waals surface area contributed by atoms with E-state index in [1.54, 1.807) is 0 Å². The van der Waals surface area contributed by atoms with Gasteiger partial charge in [0.1, 0.15) is 5.15 Å².